The van der Waals surface area contributed by atoms with E-state index in [2.05, 4.69) is 5.32 Å². The minimum atomic E-state index is -0.599. The number of Topliss-reactive ketones (excluding diaryl/α,β-unsaturated/α-hetero) is 1. The smallest absolute Gasteiger partial charge is 0.408 e. The van der Waals surface area contributed by atoms with Gasteiger partial charge in [0.05, 0.1) is 6.61 Å². The molecule has 0 unspecified atom stereocenters. The third-order valence-corrected chi connectivity index (χ3v) is 2.42. The molecule has 5 heteroatoms. The fraction of sp³-hybridized carbons (Fsp3) is 0.333. The number of ketones is 1. The van der Waals surface area contributed by atoms with E-state index < -0.39 is 12.1 Å². The first-order valence-electron chi connectivity index (χ1n) is 5.33. The molecule has 0 bridgehead atoms. The van der Waals surface area contributed by atoms with Crippen molar-refractivity contribution in [2.24, 2.45) is 0 Å². The second-order valence-electron chi connectivity index (χ2n) is 3.74. The highest BCUT2D eigenvalue weighted by Crippen LogP contribution is 2.03. The largest absolute Gasteiger partial charge is 0.445 e. The fourth-order valence-electron chi connectivity index (χ4n) is 1.50. The Balaban J connectivity index is 1.76. The molecule has 17 heavy (non-hydrogen) atoms. The highest BCUT2D eigenvalue weighted by atomic mass is 16.5. The minimum Gasteiger partial charge on any atom is -0.445 e. The summed E-state index contributed by atoms with van der Waals surface area (Å²) in [5.41, 5.74) is 0.900. The van der Waals surface area contributed by atoms with Gasteiger partial charge in [-0.05, 0) is 5.56 Å². The molecule has 1 aromatic carbocycles. The van der Waals surface area contributed by atoms with Crippen LogP contribution in [0.1, 0.15) is 5.56 Å². The molecule has 1 aromatic rings. The Labute approximate surface area is 98.7 Å². The number of hydrogen-bond donors (Lipinski definition) is 1. The lowest BCUT2D eigenvalue weighted by atomic mass is 10.2. The zero-order valence-corrected chi connectivity index (χ0v) is 9.22. The van der Waals surface area contributed by atoms with Gasteiger partial charge in [-0.3, -0.25) is 4.79 Å². The van der Waals surface area contributed by atoms with E-state index in [1.807, 2.05) is 30.3 Å². The van der Waals surface area contributed by atoms with Gasteiger partial charge in [0.2, 0.25) is 0 Å². The molecule has 5 nitrogen and oxygen atoms in total. The average Bonchev–Trinajstić information content (AvgIpc) is 2.74. The van der Waals surface area contributed by atoms with E-state index in [4.69, 9.17) is 9.47 Å². The van der Waals surface area contributed by atoms with Crippen LogP contribution in [-0.2, 0) is 20.9 Å². The molecule has 0 radical (unpaired) electrons. The summed E-state index contributed by atoms with van der Waals surface area (Å²) in [6.45, 7) is 0.470. The molecule has 1 fully saturated rings. The number of nitrogens with one attached hydrogen (secondary N) is 1. The van der Waals surface area contributed by atoms with Crippen LogP contribution in [-0.4, -0.2) is 31.1 Å². The molecule has 0 aliphatic carbocycles. The van der Waals surface area contributed by atoms with Gasteiger partial charge in [0, 0.05) is 0 Å². The van der Waals surface area contributed by atoms with Gasteiger partial charge in [-0.25, -0.2) is 4.79 Å². The van der Waals surface area contributed by atoms with Gasteiger partial charge in [0.1, 0.15) is 19.3 Å². The number of ether oxygens (including phenoxy) is 2. The number of carbonyl (C=O) groups is 2. The third kappa shape index (κ3) is 3.29. The van der Waals surface area contributed by atoms with Gasteiger partial charge >= 0.3 is 6.09 Å². The summed E-state index contributed by atoms with van der Waals surface area (Å²) in [5.74, 6) is -0.123. The van der Waals surface area contributed by atoms with E-state index in [0.29, 0.717) is 0 Å². The summed E-state index contributed by atoms with van der Waals surface area (Å²) in [7, 11) is 0. The van der Waals surface area contributed by atoms with Crippen molar-refractivity contribution in [2.75, 3.05) is 13.2 Å². The van der Waals surface area contributed by atoms with Crippen LogP contribution in [0.5, 0.6) is 0 Å². The molecule has 1 atom stereocenters. The van der Waals surface area contributed by atoms with Gasteiger partial charge in [-0.1, -0.05) is 30.3 Å². The summed E-state index contributed by atoms with van der Waals surface area (Å²) in [4.78, 5) is 22.6. The van der Waals surface area contributed by atoms with Crippen LogP contribution in [0.2, 0.25) is 0 Å². The van der Waals surface area contributed by atoms with Gasteiger partial charge in [-0.15, -0.1) is 0 Å². The first-order valence-corrected chi connectivity index (χ1v) is 5.33. The molecule has 0 spiro atoms. The van der Waals surface area contributed by atoms with Gasteiger partial charge < -0.3 is 14.8 Å². The van der Waals surface area contributed by atoms with Crippen LogP contribution in [0.4, 0.5) is 4.79 Å². The van der Waals surface area contributed by atoms with Gasteiger partial charge in [-0.2, -0.15) is 0 Å². The van der Waals surface area contributed by atoms with Crippen molar-refractivity contribution in [1.29, 1.82) is 0 Å². The minimum absolute atomic E-state index is 0.0592. The van der Waals surface area contributed by atoms with Crippen LogP contribution in [0, 0.1) is 0 Å². The zero-order valence-electron chi connectivity index (χ0n) is 9.22. The molecular weight excluding hydrogens is 222 g/mol. The lowest BCUT2D eigenvalue weighted by Crippen LogP contribution is -2.40. The number of carbonyl (C=O) groups excluding carboxylic acids is 2. The van der Waals surface area contributed by atoms with E-state index in [1.54, 1.807) is 0 Å². The number of hydrogen-bond acceptors (Lipinski definition) is 4. The molecule has 1 N–H and O–H groups in total. The zero-order chi connectivity index (χ0) is 12.1. The molecule has 0 aromatic heterocycles. The predicted octanol–water partition coefficient (Wildman–Crippen LogP) is 0.881. The van der Waals surface area contributed by atoms with Crippen molar-refractivity contribution < 1.29 is 19.1 Å². The molecule has 0 saturated carbocycles. The Bertz CT molecular complexity index is 404. The standard InChI is InChI=1S/C12H13NO4/c14-11-8-16-7-10(11)13-12(15)17-6-9-4-2-1-3-5-9/h1-5,10H,6-8H2,(H,13,15)/t10-/m1/s1. The Hall–Kier alpha value is -1.88. The Morgan fingerprint density at radius 3 is 2.82 bits per heavy atom. The summed E-state index contributed by atoms with van der Waals surface area (Å²) < 4.78 is 9.89. The van der Waals surface area contributed by atoms with Crippen LogP contribution in [0.3, 0.4) is 0 Å². The molecule has 1 amide bonds. The number of alkyl carbamates (subject to hydrolysis) is 1. The first-order chi connectivity index (χ1) is 8.25. The van der Waals surface area contributed by atoms with Crippen molar-refractivity contribution in [1.82, 2.24) is 5.32 Å². The normalized spacial score (nSPS) is 19.1. The maximum Gasteiger partial charge on any atom is 0.408 e. The second-order valence-corrected chi connectivity index (χ2v) is 3.74. The van der Waals surface area contributed by atoms with Crippen LogP contribution >= 0.6 is 0 Å². The third-order valence-electron chi connectivity index (χ3n) is 2.42. The molecule has 1 aliphatic heterocycles. The molecule has 2 rings (SSSR count). The fourth-order valence-corrected chi connectivity index (χ4v) is 1.50. The van der Waals surface area contributed by atoms with Crippen molar-refractivity contribution in [3.63, 3.8) is 0 Å². The number of amides is 1. The van der Waals surface area contributed by atoms with Crippen molar-refractivity contribution in [3.05, 3.63) is 35.9 Å². The van der Waals surface area contributed by atoms with E-state index in [0.717, 1.165) is 5.56 Å². The first kappa shape index (κ1) is 11.6. The van der Waals surface area contributed by atoms with E-state index in [9.17, 15) is 9.59 Å². The summed E-state index contributed by atoms with van der Waals surface area (Å²) in [6.07, 6.45) is -0.599. The van der Waals surface area contributed by atoms with Crippen molar-refractivity contribution in [3.8, 4) is 0 Å². The topological polar surface area (TPSA) is 64.6 Å². The molecular formula is C12H13NO4. The molecule has 1 saturated heterocycles. The second kappa shape index (κ2) is 5.45. The monoisotopic (exact) mass is 235 g/mol. The maximum atomic E-state index is 11.4. The van der Waals surface area contributed by atoms with Crippen molar-refractivity contribution in [2.45, 2.75) is 12.6 Å². The quantitative estimate of drug-likeness (QED) is 0.844. The highest BCUT2D eigenvalue weighted by molar-refractivity contribution is 5.89. The van der Waals surface area contributed by atoms with E-state index in [-0.39, 0.29) is 25.6 Å². The molecule has 1 heterocycles. The lowest BCUT2D eigenvalue weighted by Gasteiger charge is -2.10. The lowest BCUT2D eigenvalue weighted by molar-refractivity contribution is -0.119. The predicted molar refractivity (Wildman–Crippen MR) is 59.4 cm³/mol. The maximum absolute atomic E-state index is 11.4. The van der Waals surface area contributed by atoms with E-state index in [1.165, 1.54) is 0 Å². The summed E-state index contributed by atoms with van der Waals surface area (Å²) in [5, 5.41) is 2.46. The van der Waals surface area contributed by atoms with Crippen LogP contribution in [0.25, 0.3) is 0 Å². The van der Waals surface area contributed by atoms with Crippen LogP contribution in [0.15, 0.2) is 30.3 Å². The molecule has 1 aliphatic rings. The Morgan fingerprint density at radius 2 is 2.18 bits per heavy atom. The highest BCUT2D eigenvalue weighted by Gasteiger charge is 2.27. The number of rotatable bonds is 3. The summed E-state index contributed by atoms with van der Waals surface area (Å²) >= 11 is 0. The molecule has 90 valence electrons. The van der Waals surface area contributed by atoms with E-state index >= 15 is 0 Å². The van der Waals surface area contributed by atoms with Crippen LogP contribution < -0.4 is 5.32 Å². The van der Waals surface area contributed by atoms with Crippen molar-refractivity contribution >= 4 is 11.9 Å². The SMILES string of the molecule is O=C(N[C@@H]1COCC1=O)OCc1ccccc1. The van der Waals surface area contributed by atoms with Gasteiger partial charge in [0.15, 0.2) is 5.78 Å². The Morgan fingerprint density at radius 1 is 1.41 bits per heavy atom. The average molecular weight is 235 g/mol. The van der Waals surface area contributed by atoms with Gasteiger partial charge in [0.25, 0.3) is 0 Å². The summed E-state index contributed by atoms with van der Waals surface area (Å²) in [6, 6.07) is 8.76. The number of benzene rings is 1. The Kier molecular flexibility index (Phi) is 3.72.